The molecule has 0 saturated carbocycles. The maximum atomic E-state index is 12.6. The fraction of sp³-hybridized carbons (Fsp3) is 0.0333. The molecule has 6 heterocycles. The SMILES string of the molecule is O=C(Cc1ccccc1)Nc1cncc(-c2ccc3[nH]nc(-c4nc5c(-c6ccncc6)cncc5[nH]4)c3n2)c1. The van der Waals surface area contributed by atoms with Gasteiger partial charge in [-0.25, -0.2) is 9.97 Å². The Labute approximate surface area is 227 Å². The lowest BCUT2D eigenvalue weighted by Gasteiger charge is -2.07. The molecule has 3 N–H and O–H groups in total. The monoisotopic (exact) mass is 523 g/mol. The standard InChI is InChI=1S/C30H21N9O/c40-26(12-18-4-2-1-3-5-18)34-21-13-20(14-32-15-21)23-6-7-24-28(35-23)29(39-38-24)30-36-25-17-33-16-22(27(25)37-30)19-8-10-31-11-9-19/h1-11,13-17H,12H2,(H,34,40)(H,36,37)(H,38,39). The largest absolute Gasteiger partial charge is 0.335 e. The number of benzene rings is 1. The van der Waals surface area contributed by atoms with Crippen LogP contribution in [0, 0.1) is 0 Å². The Morgan fingerprint density at radius 1 is 0.775 bits per heavy atom. The molecule has 0 fully saturated rings. The van der Waals surface area contributed by atoms with Crippen LogP contribution >= 0.6 is 0 Å². The van der Waals surface area contributed by atoms with E-state index in [9.17, 15) is 4.79 Å². The van der Waals surface area contributed by atoms with Crippen LogP contribution in [0.4, 0.5) is 5.69 Å². The second kappa shape index (κ2) is 9.84. The topological polar surface area (TPSA) is 138 Å². The zero-order valence-corrected chi connectivity index (χ0v) is 21.0. The molecule has 40 heavy (non-hydrogen) atoms. The first-order chi connectivity index (χ1) is 19.7. The molecule has 6 aromatic heterocycles. The van der Waals surface area contributed by atoms with E-state index in [1.807, 2.05) is 60.7 Å². The number of H-pyrrole nitrogens is 2. The highest BCUT2D eigenvalue weighted by atomic mass is 16.1. The fourth-order valence-corrected chi connectivity index (χ4v) is 4.65. The summed E-state index contributed by atoms with van der Waals surface area (Å²) in [6, 6.07) is 19.1. The van der Waals surface area contributed by atoms with Gasteiger partial charge >= 0.3 is 0 Å². The molecule has 7 rings (SSSR count). The summed E-state index contributed by atoms with van der Waals surface area (Å²) >= 11 is 0. The number of aromatic nitrogens is 8. The number of hydrogen-bond acceptors (Lipinski definition) is 7. The Hall–Kier alpha value is -5.77. The molecular formula is C30H21N9O. The molecule has 1 amide bonds. The number of imidazole rings is 1. The average molecular weight is 524 g/mol. The van der Waals surface area contributed by atoms with E-state index < -0.39 is 0 Å². The van der Waals surface area contributed by atoms with Crippen LogP contribution in [0.1, 0.15) is 5.56 Å². The average Bonchev–Trinajstić information content (AvgIpc) is 3.62. The summed E-state index contributed by atoms with van der Waals surface area (Å²) in [6.07, 6.45) is 10.6. The first kappa shape index (κ1) is 23.4. The summed E-state index contributed by atoms with van der Waals surface area (Å²) in [5, 5.41) is 10.5. The van der Waals surface area contributed by atoms with Crippen molar-refractivity contribution in [1.29, 1.82) is 0 Å². The van der Waals surface area contributed by atoms with Gasteiger partial charge < -0.3 is 10.3 Å². The third-order valence-electron chi connectivity index (χ3n) is 6.54. The van der Waals surface area contributed by atoms with Gasteiger partial charge in [0.2, 0.25) is 5.91 Å². The van der Waals surface area contributed by atoms with Crippen LogP contribution in [0.5, 0.6) is 0 Å². The van der Waals surface area contributed by atoms with Crippen LogP contribution in [0.15, 0.2) is 97.8 Å². The van der Waals surface area contributed by atoms with E-state index in [4.69, 9.17) is 9.97 Å². The minimum Gasteiger partial charge on any atom is -0.335 e. The molecule has 0 aliphatic rings. The number of carbonyl (C=O) groups is 1. The van der Waals surface area contributed by atoms with Crippen LogP contribution in [-0.2, 0) is 11.2 Å². The van der Waals surface area contributed by atoms with Crippen molar-refractivity contribution in [2.45, 2.75) is 6.42 Å². The highest BCUT2D eigenvalue weighted by Gasteiger charge is 2.17. The van der Waals surface area contributed by atoms with Crippen LogP contribution < -0.4 is 5.32 Å². The quantitative estimate of drug-likeness (QED) is 0.272. The van der Waals surface area contributed by atoms with Gasteiger partial charge in [-0.15, -0.1) is 0 Å². The number of nitrogens with zero attached hydrogens (tertiary/aromatic N) is 6. The molecule has 10 nitrogen and oxygen atoms in total. The number of rotatable bonds is 6. The molecule has 0 spiro atoms. The van der Waals surface area contributed by atoms with E-state index in [0.29, 0.717) is 28.4 Å². The van der Waals surface area contributed by atoms with E-state index in [2.05, 4.69) is 35.5 Å². The van der Waals surface area contributed by atoms with Gasteiger partial charge in [0.1, 0.15) is 5.52 Å². The van der Waals surface area contributed by atoms with Crippen molar-refractivity contribution < 1.29 is 4.79 Å². The lowest BCUT2D eigenvalue weighted by atomic mass is 10.1. The first-order valence-corrected chi connectivity index (χ1v) is 12.6. The van der Waals surface area contributed by atoms with Crippen molar-refractivity contribution in [3.8, 4) is 33.9 Å². The molecule has 192 valence electrons. The highest BCUT2D eigenvalue weighted by molar-refractivity contribution is 5.96. The van der Waals surface area contributed by atoms with Gasteiger partial charge in [0.25, 0.3) is 0 Å². The fourth-order valence-electron chi connectivity index (χ4n) is 4.65. The predicted octanol–water partition coefficient (Wildman–Crippen LogP) is 5.20. The summed E-state index contributed by atoms with van der Waals surface area (Å²) in [5.74, 6) is 0.463. The molecule has 0 aliphatic carbocycles. The van der Waals surface area contributed by atoms with Gasteiger partial charge in [0.15, 0.2) is 11.5 Å². The van der Waals surface area contributed by atoms with Crippen LogP contribution in [0.25, 0.3) is 56.0 Å². The second-order valence-electron chi connectivity index (χ2n) is 9.24. The maximum absolute atomic E-state index is 12.6. The summed E-state index contributed by atoms with van der Waals surface area (Å²) in [6.45, 7) is 0. The van der Waals surface area contributed by atoms with Gasteiger partial charge in [-0.1, -0.05) is 30.3 Å². The molecular weight excluding hydrogens is 502 g/mol. The van der Waals surface area contributed by atoms with Gasteiger partial charge in [-0.3, -0.25) is 24.8 Å². The van der Waals surface area contributed by atoms with Crippen molar-refractivity contribution >= 4 is 33.7 Å². The maximum Gasteiger partial charge on any atom is 0.228 e. The Morgan fingerprint density at radius 3 is 2.50 bits per heavy atom. The molecule has 0 unspecified atom stereocenters. The van der Waals surface area contributed by atoms with Crippen LogP contribution in [0.2, 0.25) is 0 Å². The van der Waals surface area contributed by atoms with Crippen molar-refractivity contribution in [3.05, 3.63) is 103 Å². The number of amides is 1. The molecule has 7 aromatic rings. The number of pyridine rings is 4. The number of anilines is 1. The number of fused-ring (bicyclic) bond motifs is 2. The summed E-state index contributed by atoms with van der Waals surface area (Å²) < 4.78 is 0. The number of nitrogens with one attached hydrogen (secondary N) is 3. The zero-order valence-electron chi connectivity index (χ0n) is 21.0. The molecule has 0 aliphatic heterocycles. The van der Waals surface area contributed by atoms with Gasteiger partial charge in [-0.2, -0.15) is 5.10 Å². The lowest BCUT2D eigenvalue weighted by molar-refractivity contribution is -0.115. The summed E-state index contributed by atoms with van der Waals surface area (Å²) in [5.41, 5.74) is 8.47. The number of carbonyl (C=O) groups excluding carboxylic acids is 1. The van der Waals surface area contributed by atoms with E-state index in [1.165, 1.54) is 0 Å². The number of hydrogen-bond donors (Lipinski definition) is 3. The van der Waals surface area contributed by atoms with E-state index in [0.717, 1.165) is 38.8 Å². The Bertz CT molecular complexity index is 1980. The lowest BCUT2D eigenvalue weighted by Crippen LogP contribution is -2.14. The molecule has 1 aromatic carbocycles. The number of aromatic amines is 2. The van der Waals surface area contributed by atoms with Crippen molar-refractivity contribution in [2.24, 2.45) is 0 Å². The van der Waals surface area contributed by atoms with E-state index >= 15 is 0 Å². The van der Waals surface area contributed by atoms with Crippen LogP contribution in [0.3, 0.4) is 0 Å². The zero-order chi connectivity index (χ0) is 26.9. The molecule has 0 bridgehead atoms. The minimum absolute atomic E-state index is 0.115. The summed E-state index contributed by atoms with van der Waals surface area (Å²) in [7, 11) is 0. The highest BCUT2D eigenvalue weighted by Crippen LogP contribution is 2.31. The van der Waals surface area contributed by atoms with Gasteiger partial charge in [0.05, 0.1) is 46.7 Å². The van der Waals surface area contributed by atoms with Crippen molar-refractivity contribution in [3.63, 3.8) is 0 Å². The first-order valence-electron chi connectivity index (χ1n) is 12.6. The Kier molecular flexibility index (Phi) is 5.74. The Morgan fingerprint density at radius 2 is 1.62 bits per heavy atom. The molecule has 0 saturated heterocycles. The third-order valence-corrected chi connectivity index (χ3v) is 6.54. The molecule has 0 atom stereocenters. The normalized spacial score (nSPS) is 11.2. The molecule has 0 radical (unpaired) electrons. The van der Waals surface area contributed by atoms with Crippen molar-refractivity contribution in [2.75, 3.05) is 5.32 Å². The Balaban J connectivity index is 1.21. The minimum atomic E-state index is -0.115. The van der Waals surface area contributed by atoms with Crippen molar-refractivity contribution in [1.82, 2.24) is 40.1 Å². The van der Waals surface area contributed by atoms with E-state index in [-0.39, 0.29) is 12.3 Å². The summed E-state index contributed by atoms with van der Waals surface area (Å²) in [4.78, 5) is 38.5. The van der Waals surface area contributed by atoms with Gasteiger partial charge in [0, 0.05) is 35.9 Å². The second-order valence-corrected chi connectivity index (χ2v) is 9.24. The van der Waals surface area contributed by atoms with Crippen LogP contribution in [-0.4, -0.2) is 46.0 Å². The van der Waals surface area contributed by atoms with Gasteiger partial charge in [-0.05, 0) is 41.5 Å². The van der Waals surface area contributed by atoms with E-state index in [1.54, 1.807) is 37.2 Å². The third kappa shape index (κ3) is 4.43. The molecule has 10 heteroatoms. The smallest absolute Gasteiger partial charge is 0.228 e. The predicted molar refractivity (Wildman–Crippen MR) is 152 cm³/mol.